The third-order valence-electron chi connectivity index (χ3n) is 1.99. The molecule has 0 aliphatic heterocycles. The van der Waals surface area contributed by atoms with Gasteiger partial charge in [-0.05, 0) is 13.3 Å². The van der Waals surface area contributed by atoms with Crippen LogP contribution in [0, 0.1) is 10.1 Å². The van der Waals surface area contributed by atoms with Crippen molar-refractivity contribution < 1.29 is 4.92 Å². The van der Waals surface area contributed by atoms with Crippen LogP contribution in [0.2, 0.25) is 0 Å². The lowest BCUT2D eigenvalue weighted by Crippen LogP contribution is -2.44. The Morgan fingerprint density at radius 2 is 2.08 bits per heavy atom. The van der Waals surface area contributed by atoms with Gasteiger partial charge in [-0.15, -0.1) is 0 Å². The van der Waals surface area contributed by atoms with Crippen LogP contribution in [0.4, 0.5) is 0 Å². The molecule has 72 valence electrons. The second-order valence-corrected chi connectivity index (χ2v) is 3.76. The van der Waals surface area contributed by atoms with E-state index in [0.29, 0.717) is 12.6 Å². The molecule has 0 bridgehead atoms. The van der Waals surface area contributed by atoms with Gasteiger partial charge in [0, 0.05) is 24.8 Å². The van der Waals surface area contributed by atoms with E-state index in [1.807, 2.05) is 6.92 Å². The largest absolute Gasteiger partial charge is 0.308 e. The molecule has 0 heterocycles. The highest BCUT2D eigenvalue weighted by Crippen LogP contribution is 2.05. The summed E-state index contributed by atoms with van der Waals surface area (Å²) in [5.41, 5.74) is -0.858. The van der Waals surface area contributed by atoms with Crippen molar-refractivity contribution >= 4 is 0 Å². The lowest BCUT2D eigenvalue weighted by Gasteiger charge is -2.19. The van der Waals surface area contributed by atoms with E-state index in [0.717, 1.165) is 6.42 Å². The van der Waals surface area contributed by atoms with Gasteiger partial charge in [0.05, 0.1) is 6.54 Å². The molecule has 0 spiro atoms. The second kappa shape index (κ2) is 4.40. The minimum atomic E-state index is -0.858. The number of hydrogen-bond acceptors (Lipinski definition) is 3. The number of nitro groups is 1. The summed E-state index contributed by atoms with van der Waals surface area (Å²) >= 11 is 0. The van der Waals surface area contributed by atoms with Gasteiger partial charge in [0.1, 0.15) is 0 Å². The van der Waals surface area contributed by atoms with E-state index in [4.69, 9.17) is 0 Å². The summed E-state index contributed by atoms with van der Waals surface area (Å²) in [6, 6.07) is 0.351. The van der Waals surface area contributed by atoms with E-state index in [1.165, 1.54) is 0 Å². The molecule has 1 N–H and O–H groups in total. The molecular formula is C8H18N2O2. The van der Waals surface area contributed by atoms with E-state index < -0.39 is 5.54 Å². The molecule has 0 aliphatic rings. The standard InChI is InChI=1S/C8H18N2O2/c1-5-7(2)9-6-8(3,4)10(11)12/h7,9H,5-6H2,1-4H3. The SMILES string of the molecule is CCC(C)NCC(C)(C)[N+](=O)[O-]. The molecule has 0 aromatic rings. The molecular weight excluding hydrogens is 156 g/mol. The highest BCUT2D eigenvalue weighted by atomic mass is 16.6. The zero-order valence-corrected chi connectivity index (χ0v) is 8.26. The Labute approximate surface area is 73.5 Å². The smallest absolute Gasteiger partial charge is 0.229 e. The minimum Gasteiger partial charge on any atom is -0.308 e. The normalized spacial score (nSPS) is 14.3. The fourth-order valence-electron chi connectivity index (χ4n) is 0.633. The zero-order chi connectivity index (χ0) is 9.78. The quantitative estimate of drug-likeness (QED) is 0.506. The molecule has 0 saturated heterocycles. The minimum absolute atomic E-state index is 0.248. The van der Waals surface area contributed by atoms with Crippen LogP contribution in [0.5, 0.6) is 0 Å². The molecule has 4 heteroatoms. The van der Waals surface area contributed by atoms with Gasteiger partial charge in [-0.1, -0.05) is 6.92 Å². The Morgan fingerprint density at radius 3 is 2.42 bits per heavy atom. The molecule has 0 amide bonds. The lowest BCUT2D eigenvalue weighted by atomic mass is 10.1. The van der Waals surface area contributed by atoms with Gasteiger partial charge in [0.2, 0.25) is 5.54 Å². The first-order valence-corrected chi connectivity index (χ1v) is 4.28. The fraction of sp³-hybridized carbons (Fsp3) is 1.00. The first kappa shape index (κ1) is 11.4. The number of nitrogens with zero attached hydrogens (tertiary/aromatic N) is 1. The Morgan fingerprint density at radius 1 is 1.58 bits per heavy atom. The van der Waals surface area contributed by atoms with E-state index >= 15 is 0 Å². The van der Waals surface area contributed by atoms with Crippen molar-refractivity contribution in [2.75, 3.05) is 6.54 Å². The number of rotatable bonds is 5. The predicted octanol–water partition coefficient (Wildman–Crippen LogP) is 1.43. The maximum Gasteiger partial charge on any atom is 0.229 e. The predicted molar refractivity (Wildman–Crippen MR) is 48.8 cm³/mol. The summed E-state index contributed by atoms with van der Waals surface area (Å²) in [6.07, 6.45) is 0.994. The summed E-state index contributed by atoms with van der Waals surface area (Å²) in [4.78, 5) is 10.2. The van der Waals surface area contributed by atoms with Crippen LogP contribution in [0.3, 0.4) is 0 Å². The van der Waals surface area contributed by atoms with Crippen molar-refractivity contribution in [1.29, 1.82) is 0 Å². The Balaban J connectivity index is 3.83. The summed E-state index contributed by atoms with van der Waals surface area (Å²) in [7, 11) is 0. The highest BCUT2D eigenvalue weighted by molar-refractivity contribution is 4.72. The van der Waals surface area contributed by atoms with E-state index in [9.17, 15) is 10.1 Å². The molecule has 0 aromatic carbocycles. The molecule has 4 nitrogen and oxygen atoms in total. The molecule has 0 saturated carbocycles. The van der Waals surface area contributed by atoms with Crippen molar-refractivity contribution in [1.82, 2.24) is 5.32 Å². The van der Waals surface area contributed by atoms with Crippen LogP contribution < -0.4 is 5.32 Å². The van der Waals surface area contributed by atoms with Gasteiger partial charge in [0.25, 0.3) is 0 Å². The van der Waals surface area contributed by atoms with Crippen molar-refractivity contribution in [2.24, 2.45) is 0 Å². The third-order valence-corrected chi connectivity index (χ3v) is 1.99. The van der Waals surface area contributed by atoms with Crippen LogP contribution in [0.25, 0.3) is 0 Å². The van der Waals surface area contributed by atoms with Crippen LogP contribution in [-0.4, -0.2) is 23.0 Å². The van der Waals surface area contributed by atoms with Crippen LogP contribution in [0.1, 0.15) is 34.1 Å². The van der Waals surface area contributed by atoms with E-state index in [-0.39, 0.29) is 4.92 Å². The van der Waals surface area contributed by atoms with Crippen LogP contribution >= 0.6 is 0 Å². The van der Waals surface area contributed by atoms with Gasteiger partial charge in [-0.25, -0.2) is 0 Å². The first-order chi connectivity index (χ1) is 5.40. The molecule has 0 aliphatic carbocycles. The summed E-state index contributed by atoms with van der Waals surface area (Å²) < 4.78 is 0. The summed E-state index contributed by atoms with van der Waals surface area (Å²) in [6.45, 7) is 7.76. The van der Waals surface area contributed by atoms with E-state index in [1.54, 1.807) is 13.8 Å². The van der Waals surface area contributed by atoms with Crippen molar-refractivity contribution in [3.63, 3.8) is 0 Å². The molecule has 0 aromatic heterocycles. The first-order valence-electron chi connectivity index (χ1n) is 4.28. The number of hydrogen-bond donors (Lipinski definition) is 1. The van der Waals surface area contributed by atoms with Gasteiger partial charge in [-0.3, -0.25) is 10.1 Å². The molecule has 0 rings (SSSR count). The van der Waals surface area contributed by atoms with Crippen molar-refractivity contribution in [3.8, 4) is 0 Å². The third kappa shape index (κ3) is 3.67. The average molecular weight is 174 g/mol. The number of nitrogens with one attached hydrogen (secondary N) is 1. The van der Waals surface area contributed by atoms with Crippen LogP contribution in [-0.2, 0) is 0 Å². The van der Waals surface area contributed by atoms with E-state index in [2.05, 4.69) is 12.2 Å². The van der Waals surface area contributed by atoms with Gasteiger partial charge >= 0.3 is 0 Å². The van der Waals surface area contributed by atoms with Crippen LogP contribution in [0.15, 0.2) is 0 Å². The zero-order valence-electron chi connectivity index (χ0n) is 8.26. The molecule has 0 radical (unpaired) electrons. The van der Waals surface area contributed by atoms with Gasteiger partial charge < -0.3 is 5.32 Å². The molecule has 1 unspecified atom stereocenters. The Kier molecular flexibility index (Phi) is 4.17. The van der Waals surface area contributed by atoms with Crippen molar-refractivity contribution in [2.45, 2.75) is 45.7 Å². The summed E-state index contributed by atoms with van der Waals surface area (Å²) in [5, 5.41) is 13.6. The fourth-order valence-corrected chi connectivity index (χ4v) is 0.633. The Hall–Kier alpha value is -0.640. The maximum atomic E-state index is 10.5. The topological polar surface area (TPSA) is 55.2 Å². The highest BCUT2D eigenvalue weighted by Gasteiger charge is 2.30. The lowest BCUT2D eigenvalue weighted by molar-refractivity contribution is -0.558. The van der Waals surface area contributed by atoms with Crippen molar-refractivity contribution in [3.05, 3.63) is 10.1 Å². The van der Waals surface area contributed by atoms with Gasteiger partial charge in [0.15, 0.2) is 0 Å². The summed E-state index contributed by atoms with van der Waals surface area (Å²) in [5.74, 6) is 0. The molecule has 1 atom stereocenters. The Bertz CT molecular complexity index is 157. The maximum absolute atomic E-state index is 10.5. The second-order valence-electron chi connectivity index (χ2n) is 3.76. The molecule has 0 fully saturated rings. The average Bonchev–Trinajstić information content (AvgIpc) is 2.00. The van der Waals surface area contributed by atoms with Gasteiger partial charge in [-0.2, -0.15) is 0 Å². The monoisotopic (exact) mass is 174 g/mol. The molecule has 12 heavy (non-hydrogen) atoms.